The van der Waals surface area contributed by atoms with Gasteiger partial charge >= 0.3 is 0 Å². The number of rotatable bonds is 7. The van der Waals surface area contributed by atoms with Crippen LogP contribution >= 0.6 is 0 Å². The van der Waals surface area contributed by atoms with Crippen LogP contribution in [0.3, 0.4) is 0 Å². The number of pyridine rings is 1. The molecule has 1 saturated carbocycles. The molecule has 1 aliphatic rings. The van der Waals surface area contributed by atoms with Crippen molar-refractivity contribution < 1.29 is 4.79 Å². The van der Waals surface area contributed by atoms with Crippen molar-refractivity contribution in [3.05, 3.63) is 65.5 Å². The zero-order chi connectivity index (χ0) is 17.8. The molecule has 1 aromatic carbocycles. The van der Waals surface area contributed by atoms with Gasteiger partial charge in [0.15, 0.2) is 0 Å². The molecular weight excluding hydrogens is 310 g/mol. The molecule has 0 N–H and O–H groups in total. The summed E-state index contributed by atoms with van der Waals surface area (Å²) in [6.45, 7) is 4.36. The molecule has 2 aromatic rings. The summed E-state index contributed by atoms with van der Waals surface area (Å²) in [5.41, 5.74) is 3.64. The lowest BCUT2D eigenvalue weighted by atomic mass is 10.1. The molecule has 4 nitrogen and oxygen atoms in total. The number of hydrogen-bond donors (Lipinski definition) is 0. The Bertz CT molecular complexity index is 714. The summed E-state index contributed by atoms with van der Waals surface area (Å²) in [6.07, 6.45) is 4.58. The molecular formula is C21H27N3O. The van der Waals surface area contributed by atoms with Gasteiger partial charge in [-0.1, -0.05) is 35.9 Å². The summed E-state index contributed by atoms with van der Waals surface area (Å²) < 4.78 is 0. The molecule has 0 unspecified atom stereocenters. The van der Waals surface area contributed by atoms with E-state index in [2.05, 4.69) is 41.1 Å². The number of likely N-dealkylation sites (N-methyl/N-ethyl adjacent to an activating group) is 1. The minimum absolute atomic E-state index is 0.126. The summed E-state index contributed by atoms with van der Waals surface area (Å²) in [4.78, 5) is 21.4. The summed E-state index contributed by atoms with van der Waals surface area (Å²) in [7, 11) is 4.08. The third kappa shape index (κ3) is 4.67. The Morgan fingerprint density at radius 3 is 2.72 bits per heavy atom. The Balaban J connectivity index is 1.69. The Morgan fingerprint density at radius 2 is 2.04 bits per heavy atom. The number of aryl methyl sites for hydroxylation is 1. The highest BCUT2D eigenvalue weighted by Gasteiger charge is 2.45. The fraction of sp³-hybridized carbons (Fsp3) is 0.429. The van der Waals surface area contributed by atoms with Crippen molar-refractivity contribution in [1.29, 1.82) is 0 Å². The Labute approximate surface area is 150 Å². The van der Waals surface area contributed by atoms with Crippen LogP contribution in [0.2, 0.25) is 0 Å². The van der Waals surface area contributed by atoms with E-state index in [9.17, 15) is 4.79 Å². The van der Waals surface area contributed by atoms with Crippen molar-refractivity contribution >= 4 is 5.91 Å². The zero-order valence-electron chi connectivity index (χ0n) is 15.4. The average molecular weight is 337 g/mol. The van der Waals surface area contributed by atoms with Gasteiger partial charge in [0.1, 0.15) is 0 Å². The van der Waals surface area contributed by atoms with Crippen LogP contribution < -0.4 is 0 Å². The first kappa shape index (κ1) is 17.6. The van der Waals surface area contributed by atoms with Crippen LogP contribution in [0, 0.1) is 12.8 Å². The second-order valence-electron chi connectivity index (χ2n) is 7.29. The lowest BCUT2D eigenvalue weighted by Gasteiger charge is -2.25. The summed E-state index contributed by atoms with van der Waals surface area (Å²) in [6, 6.07) is 12.5. The summed E-state index contributed by atoms with van der Waals surface area (Å²) >= 11 is 0. The van der Waals surface area contributed by atoms with Crippen LogP contribution in [0.4, 0.5) is 0 Å². The molecule has 3 rings (SSSR count). The smallest absolute Gasteiger partial charge is 0.226 e. The highest BCUT2D eigenvalue weighted by molar-refractivity contribution is 5.83. The van der Waals surface area contributed by atoms with E-state index in [4.69, 9.17) is 0 Å². The number of amides is 1. The van der Waals surface area contributed by atoms with Gasteiger partial charge in [0.25, 0.3) is 0 Å². The first-order valence-corrected chi connectivity index (χ1v) is 8.93. The minimum Gasteiger partial charge on any atom is -0.337 e. The highest BCUT2D eigenvalue weighted by atomic mass is 16.2. The van der Waals surface area contributed by atoms with Crippen molar-refractivity contribution in [2.24, 2.45) is 5.92 Å². The molecule has 1 aliphatic carbocycles. The molecule has 1 fully saturated rings. The molecule has 132 valence electrons. The van der Waals surface area contributed by atoms with Crippen LogP contribution in [-0.4, -0.2) is 47.9 Å². The van der Waals surface area contributed by atoms with Gasteiger partial charge in [0.05, 0.1) is 0 Å². The van der Waals surface area contributed by atoms with Gasteiger partial charge in [0, 0.05) is 37.9 Å². The lowest BCUT2D eigenvalue weighted by molar-refractivity contribution is -0.133. The molecule has 0 spiro atoms. The van der Waals surface area contributed by atoms with Gasteiger partial charge < -0.3 is 9.80 Å². The Hall–Kier alpha value is -2.20. The normalized spacial score (nSPS) is 19.0. The van der Waals surface area contributed by atoms with Crippen LogP contribution in [0.1, 0.15) is 29.0 Å². The molecule has 1 heterocycles. The van der Waals surface area contributed by atoms with E-state index in [-0.39, 0.29) is 11.8 Å². The molecule has 1 amide bonds. The topological polar surface area (TPSA) is 36.4 Å². The van der Waals surface area contributed by atoms with E-state index in [1.54, 1.807) is 6.20 Å². The van der Waals surface area contributed by atoms with E-state index in [0.29, 0.717) is 12.5 Å². The molecule has 25 heavy (non-hydrogen) atoms. The fourth-order valence-corrected chi connectivity index (χ4v) is 3.27. The van der Waals surface area contributed by atoms with Gasteiger partial charge in [-0.15, -0.1) is 0 Å². The van der Waals surface area contributed by atoms with Gasteiger partial charge in [-0.25, -0.2) is 0 Å². The van der Waals surface area contributed by atoms with Crippen molar-refractivity contribution in [2.45, 2.75) is 25.8 Å². The van der Waals surface area contributed by atoms with Crippen molar-refractivity contribution in [3.63, 3.8) is 0 Å². The molecule has 0 radical (unpaired) electrons. The number of aromatic nitrogens is 1. The highest BCUT2D eigenvalue weighted by Crippen LogP contribution is 2.48. The van der Waals surface area contributed by atoms with E-state index >= 15 is 0 Å². The minimum atomic E-state index is 0.126. The van der Waals surface area contributed by atoms with E-state index in [0.717, 1.165) is 25.1 Å². The number of carbonyl (C=O) groups excluding carboxylic acids is 1. The van der Waals surface area contributed by atoms with Gasteiger partial charge in [-0.2, -0.15) is 0 Å². The second kappa shape index (κ2) is 7.79. The van der Waals surface area contributed by atoms with Crippen LogP contribution in [-0.2, 0) is 11.3 Å². The number of nitrogens with zero attached hydrogens (tertiary/aromatic N) is 3. The summed E-state index contributed by atoms with van der Waals surface area (Å²) in [5.74, 6) is 0.779. The van der Waals surface area contributed by atoms with E-state index in [1.165, 1.54) is 11.1 Å². The monoisotopic (exact) mass is 337 g/mol. The largest absolute Gasteiger partial charge is 0.337 e. The first-order valence-electron chi connectivity index (χ1n) is 8.93. The van der Waals surface area contributed by atoms with Gasteiger partial charge in [0.2, 0.25) is 5.91 Å². The molecule has 2 atom stereocenters. The van der Waals surface area contributed by atoms with E-state index < -0.39 is 0 Å². The number of carbonyl (C=O) groups is 1. The average Bonchev–Trinajstić information content (AvgIpc) is 3.39. The maximum atomic E-state index is 13.1. The first-order chi connectivity index (χ1) is 12.0. The van der Waals surface area contributed by atoms with Crippen LogP contribution in [0.5, 0.6) is 0 Å². The standard InChI is InChI=1S/C21H27N3O/c1-16-6-4-8-18(12-16)19-13-20(19)21(25)24(11-10-23(2)3)15-17-7-5-9-22-14-17/h4-9,12,14,19-20H,10-11,13,15H2,1-3H3/t19-,20+/m1/s1. The second-order valence-corrected chi connectivity index (χ2v) is 7.29. The molecule has 0 bridgehead atoms. The van der Waals surface area contributed by atoms with Crippen LogP contribution in [0.25, 0.3) is 0 Å². The third-order valence-electron chi connectivity index (χ3n) is 4.80. The molecule has 0 aliphatic heterocycles. The maximum absolute atomic E-state index is 13.1. The lowest BCUT2D eigenvalue weighted by Crippen LogP contribution is -2.37. The van der Waals surface area contributed by atoms with Crippen molar-refractivity contribution in [2.75, 3.05) is 27.2 Å². The fourth-order valence-electron chi connectivity index (χ4n) is 3.27. The van der Waals surface area contributed by atoms with Gasteiger partial charge in [-0.05, 0) is 50.6 Å². The molecule has 4 heteroatoms. The van der Waals surface area contributed by atoms with Crippen LogP contribution in [0.15, 0.2) is 48.8 Å². The number of benzene rings is 1. The van der Waals surface area contributed by atoms with Gasteiger partial charge in [-0.3, -0.25) is 9.78 Å². The Morgan fingerprint density at radius 1 is 1.20 bits per heavy atom. The summed E-state index contributed by atoms with van der Waals surface area (Å²) in [5, 5.41) is 0. The maximum Gasteiger partial charge on any atom is 0.226 e. The number of hydrogen-bond acceptors (Lipinski definition) is 3. The SMILES string of the molecule is Cc1cccc([C@H]2C[C@@H]2C(=O)N(CCN(C)C)Cc2cccnc2)c1. The van der Waals surface area contributed by atoms with Crippen molar-refractivity contribution in [1.82, 2.24) is 14.8 Å². The zero-order valence-corrected chi connectivity index (χ0v) is 15.4. The third-order valence-corrected chi connectivity index (χ3v) is 4.80. The quantitative estimate of drug-likeness (QED) is 0.779. The Kier molecular flexibility index (Phi) is 5.49. The predicted octanol–water partition coefficient (Wildman–Crippen LogP) is 3.08. The predicted molar refractivity (Wildman–Crippen MR) is 100 cm³/mol. The van der Waals surface area contributed by atoms with Crippen molar-refractivity contribution in [3.8, 4) is 0 Å². The molecule has 1 aromatic heterocycles. The van der Waals surface area contributed by atoms with E-state index in [1.807, 2.05) is 37.3 Å². The molecule has 0 saturated heterocycles.